The highest BCUT2D eigenvalue weighted by molar-refractivity contribution is 7.92. The van der Waals surface area contributed by atoms with E-state index in [9.17, 15) is 17.6 Å². The number of nitrogens with one attached hydrogen (secondary N) is 1. The number of anilines is 2. The second kappa shape index (κ2) is 8.27. The average molecular weight is 413 g/mol. The molecule has 0 aliphatic heterocycles. The normalized spacial score (nSPS) is 12.5. The third-order valence-electron chi connectivity index (χ3n) is 4.14. The molecule has 0 unspecified atom stereocenters. The molecule has 2 aromatic carbocycles. The molecule has 1 atom stereocenters. The van der Waals surface area contributed by atoms with Crippen molar-refractivity contribution in [1.29, 1.82) is 0 Å². The molecule has 2 rings (SSSR count). The summed E-state index contributed by atoms with van der Waals surface area (Å²) >= 11 is 5.81. The molecule has 0 saturated carbocycles. The number of aryl methyl sites for hydroxylation is 2. The van der Waals surface area contributed by atoms with E-state index in [1.54, 1.807) is 6.92 Å². The molecule has 27 heavy (non-hydrogen) atoms. The Labute approximate surface area is 164 Å². The van der Waals surface area contributed by atoms with Crippen LogP contribution in [0.15, 0.2) is 36.4 Å². The van der Waals surface area contributed by atoms with Gasteiger partial charge in [0.25, 0.3) is 0 Å². The predicted molar refractivity (Wildman–Crippen MR) is 107 cm³/mol. The van der Waals surface area contributed by atoms with Crippen LogP contribution in [0.2, 0.25) is 5.02 Å². The van der Waals surface area contributed by atoms with Crippen molar-refractivity contribution < 1.29 is 17.6 Å². The summed E-state index contributed by atoms with van der Waals surface area (Å²) in [4.78, 5) is 12.9. The summed E-state index contributed by atoms with van der Waals surface area (Å²) in [7, 11) is -3.82. The maximum absolute atomic E-state index is 13.5. The Kier molecular flexibility index (Phi) is 6.49. The minimum absolute atomic E-state index is 0.131. The summed E-state index contributed by atoms with van der Waals surface area (Å²) < 4.78 is 39.3. The van der Waals surface area contributed by atoms with Crippen molar-refractivity contribution in [2.24, 2.45) is 0 Å². The van der Waals surface area contributed by atoms with E-state index in [4.69, 9.17) is 11.6 Å². The number of nitrogens with zero attached hydrogens (tertiary/aromatic N) is 1. The number of benzene rings is 2. The molecule has 0 spiro atoms. The minimum atomic E-state index is -3.82. The molecule has 0 bridgehead atoms. The average Bonchev–Trinajstić information content (AvgIpc) is 2.57. The highest BCUT2D eigenvalue weighted by Gasteiger charge is 2.32. The molecule has 0 fully saturated rings. The third kappa shape index (κ3) is 4.99. The van der Waals surface area contributed by atoms with Crippen LogP contribution in [-0.4, -0.2) is 26.6 Å². The van der Waals surface area contributed by atoms with Gasteiger partial charge in [-0.1, -0.05) is 30.7 Å². The van der Waals surface area contributed by atoms with Crippen LogP contribution in [0, 0.1) is 19.7 Å². The maximum atomic E-state index is 13.5. The Morgan fingerprint density at radius 1 is 1.22 bits per heavy atom. The molecule has 0 saturated heterocycles. The highest BCUT2D eigenvalue weighted by Crippen LogP contribution is 2.28. The van der Waals surface area contributed by atoms with Crippen LogP contribution < -0.4 is 9.62 Å². The number of sulfonamides is 1. The van der Waals surface area contributed by atoms with Gasteiger partial charge in [0.2, 0.25) is 15.9 Å². The Bertz CT molecular complexity index is 963. The molecule has 146 valence electrons. The van der Waals surface area contributed by atoms with Crippen molar-refractivity contribution in [3.8, 4) is 0 Å². The van der Waals surface area contributed by atoms with Crippen molar-refractivity contribution >= 4 is 38.9 Å². The summed E-state index contributed by atoms with van der Waals surface area (Å²) in [6, 6.07) is 8.17. The van der Waals surface area contributed by atoms with Gasteiger partial charge in [0.05, 0.1) is 17.0 Å². The quantitative estimate of drug-likeness (QED) is 0.770. The molecule has 0 aliphatic carbocycles. The van der Waals surface area contributed by atoms with Crippen molar-refractivity contribution in [1.82, 2.24) is 0 Å². The molecular weight excluding hydrogens is 391 g/mol. The first-order valence-electron chi connectivity index (χ1n) is 8.37. The van der Waals surface area contributed by atoms with Gasteiger partial charge in [0.1, 0.15) is 11.9 Å². The first-order valence-corrected chi connectivity index (χ1v) is 10.6. The van der Waals surface area contributed by atoms with Gasteiger partial charge in [0, 0.05) is 5.69 Å². The van der Waals surface area contributed by atoms with Crippen LogP contribution in [0.5, 0.6) is 0 Å². The number of rotatable bonds is 6. The lowest BCUT2D eigenvalue weighted by Gasteiger charge is -2.30. The van der Waals surface area contributed by atoms with E-state index >= 15 is 0 Å². The Hall–Kier alpha value is -2.12. The van der Waals surface area contributed by atoms with Crippen LogP contribution in [0.1, 0.15) is 24.5 Å². The van der Waals surface area contributed by atoms with Gasteiger partial charge in [-0.3, -0.25) is 9.10 Å². The number of hydrogen-bond acceptors (Lipinski definition) is 3. The van der Waals surface area contributed by atoms with Gasteiger partial charge in [-0.2, -0.15) is 0 Å². The van der Waals surface area contributed by atoms with Crippen LogP contribution >= 0.6 is 11.6 Å². The fourth-order valence-electron chi connectivity index (χ4n) is 2.77. The molecule has 8 heteroatoms. The molecule has 0 aliphatic rings. The molecule has 1 amide bonds. The highest BCUT2D eigenvalue weighted by atomic mass is 35.5. The fraction of sp³-hybridized carbons (Fsp3) is 0.316. The molecular formula is C19H22ClFN2O3S. The van der Waals surface area contributed by atoms with E-state index in [2.05, 4.69) is 5.32 Å². The first-order chi connectivity index (χ1) is 12.5. The largest absolute Gasteiger partial charge is 0.324 e. The van der Waals surface area contributed by atoms with Gasteiger partial charge < -0.3 is 5.32 Å². The van der Waals surface area contributed by atoms with E-state index in [0.717, 1.165) is 27.8 Å². The SMILES string of the molecule is CC[C@@H](C(=O)Nc1cc(C)ccc1C)N(c1ccc(F)c(Cl)c1)S(C)(=O)=O. The topological polar surface area (TPSA) is 66.5 Å². The van der Waals surface area contributed by atoms with Crippen molar-refractivity contribution in [3.05, 3.63) is 58.4 Å². The fourth-order valence-corrected chi connectivity index (χ4v) is 4.15. The lowest BCUT2D eigenvalue weighted by molar-refractivity contribution is -0.117. The second-order valence-corrected chi connectivity index (χ2v) is 8.66. The van der Waals surface area contributed by atoms with Crippen molar-refractivity contribution in [2.75, 3.05) is 15.9 Å². The number of carbonyl (C=O) groups is 1. The first kappa shape index (κ1) is 21.2. The summed E-state index contributed by atoms with van der Waals surface area (Å²) in [5.41, 5.74) is 2.57. The number of carbonyl (C=O) groups excluding carboxylic acids is 1. The van der Waals surface area contributed by atoms with Crippen LogP contribution in [-0.2, 0) is 14.8 Å². The van der Waals surface area contributed by atoms with Crippen LogP contribution in [0.4, 0.5) is 15.8 Å². The van der Waals surface area contributed by atoms with Crippen LogP contribution in [0.3, 0.4) is 0 Å². The van der Waals surface area contributed by atoms with Crippen LogP contribution in [0.25, 0.3) is 0 Å². The van der Waals surface area contributed by atoms with Crippen molar-refractivity contribution in [2.45, 2.75) is 33.2 Å². The summed E-state index contributed by atoms with van der Waals surface area (Å²) in [6.45, 7) is 5.45. The van der Waals surface area contributed by atoms with E-state index in [-0.39, 0.29) is 17.1 Å². The standard InChI is InChI=1S/C19H22ClFN2O3S/c1-5-18(19(24)22-17-10-12(2)6-7-13(17)3)23(27(4,25)26)14-8-9-16(21)15(20)11-14/h6-11,18H,5H2,1-4H3,(H,22,24)/t18-/m0/s1. The number of halogens is 2. The Morgan fingerprint density at radius 3 is 2.44 bits per heavy atom. The molecule has 0 heterocycles. The Balaban J connectivity index is 2.44. The number of amides is 1. The lowest BCUT2D eigenvalue weighted by Crippen LogP contribution is -2.47. The summed E-state index contributed by atoms with van der Waals surface area (Å²) in [6.07, 6.45) is 1.22. The summed E-state index contributed by atoms with van der Waals surface area (Å²) in [5.74, 6) is -1.14. The summed E-state index contributed by atoms with van der Waals surface area (Å²) in [5, 5.41) is 2.58. The molecule has 0 radical (unpaired) electrons. The third-order valence-corrected chi connectivity index (χ3v) is 5.61. The van der Waals surface area contributed by atoms with Crippen molar-refractivity contribution in [3.63, 3.8) is 0 Å². The van der Waals surface area contributed by atoms with Gasteiger partial charge >= 0.3 is 0 Å². The smallest absolute Gasteiger partial charge is 0.248 e. The monoisotopic (exact) mass is 412 g/mol. The minimum Gasteiger partial charge on any atom is -0.324 e. The maximum Gasteiger partial charge on any atom is 0.248 e. The van der Waals surface area contributed by atoms with E-state index < -0.39 is 27.8 Å². The van der Waals surface area contributed by atoms with Gasteiger partial charge in [-0.25, -0.2) is 12.8 Å². The van der Waals surface area contributed by atoms with Gasteiger partial charge in [-0.15, -0.1) is 0 Å². The van der Waals surface area contributed by atoms with Gasteiger partial charge in [-0.05, 0) is 55.7 Å². The molecule has 0 aromatic heterocycles. The zero-order valence-corrected chi connectivity index (χ0v) is 17.2. The van der Waals surface area contributed by atoms with E-state index in [1.165, 1.54) is 12.1 Å². The predicted octanol–water partition coefficient (Wildman–Crippen LogP) is 4.28. The zero-order chi connectivity index (χ0) is 20.4. The molecule has 1 N–H and O–H groups in total. The second-order valence-electron chi connectivity index (χ2n) is 6.39. The van der Waals surface area contributed by atoms with E-state index in [1.807, 2.05) is 32.0 Å². The molecule has 2 aromatic rings. The lowest BCUT2D eigenvalue weighted by atomic mass is 10.1. The molecule has 5 nitrogen and oxygen atoms in total. The number of hydrogen-bond donors (Lipinski definition) is 1. The van der Waals surface area contributed by atoms with E-state index in [0.29, 0.717) is 5.69 Å². The Morgan fingerprint density at radius 2 is 1.89 bits per heavy atom. The van der Waals surface area contributed by atoms with Gasteiger partial charge in [0.15, 0.2) is 0 Å². The zero-order valence-electron chi connectivity index (χ0n) is 15.6.